The first-order chi connectivity index (χ1) is 13.1. The second-order valence-electron chi connectivity index (χ2n) is 7.70. The summed E-state index contributed by atoms with van der Waals surface area (Å²) in [5.41, 5.74) is 2.24. The Kier molecular flexibility index (Phi) is 5.37. The topological polar surface area (TPSA) is 35.6 Å². The van der Waals surface area contributed by atoms with Gasteiger partial charge in [0.2, 0.25) is 0 Å². The van der Waals surface area contributed by atoms with Gasteiger partial charge in [0.15, 0.2) is 0 Å². The summed E-state index contributed by atoms with van der Waals surface area (Å²) in [6, 6.07) is 17.8. The van der Waals surface area contributed by atoms with Gasteiger partial charge in [-0.05, 0) is 62.1 Å². The molecule has 0 radical (unpaired) electrons. The molecule has 0 saturated carbocycles. The highest BCUT2D eigenvalue weighted by Gasteiger charge is 2.44. The van der Waals surface area contributed by atoms with Crippen molar-refractivity contribution in [1.29, 1.82) is 0 Å². The molecule has 2 saturated heterocycles. The second-order valence-corrected chi connectivity index (χ2v) is 8.13. The van der Waals surface area contributed by atoms with Gasteiger partial charge < -0.3 is 10.2 Å². The Hall–Kier alpha value is -2.04. The zero-order chi connectivity index (χ0) is 18.7. The highest BCUT2D eigenvalue weighted by Crippen LogP contribution is 2.38. The molecule has 27 heavy (non-hydrogen) atoms. The monoisotopic (exact) mass is 383 g/mol. The van der Waals surface area contributed by atoms with Crippen LogP contribution in [0.1, 0.15) is 31.2 Å². The Morgan fingerprint density at radius 1 is 1.00 bits per heavy atom. The number of piperidine rings is 1. The number of urea groups is 1. The lowest BCUT2D eigenvalue weighted by molar-refractivity contribution is 0.0534. The first-order valence-corrected chi connectivity index (χ1v) is 10.1. The minimum absolute atomic E-state index is 0.0126. The highest BCUT2D eigenvalue weighted by molar-refractivity contribution is 6.30. The molecule has 2 aromatic rings. The van der Waals surface area contributed by atoms with Gasteiger partial charge in [-0.2, -0.15) is 0 Å². The molecule has 2 amide bonds. The van der Waals surface area contributed by atoms with E-state index >= 15 is 0 Å². The number of carbonyl (C=O) groups excluding carboxylic acids is 1. The van der Waals surface area contributed by atoms with Crippen molar-refractivity contribution in [3.8, 4) is 0 Å². The summed E-state index contributed by atoms with van der Waals surface area (Å²) in [6.07, 6.45) is 4.58. The van der Waals surface area contributed by atoms with E-state index in [4.69, 9.17) is 11.6 Å². The zero-order valence-corrected chi connectivity index (χ0v) is 16.3. The van der Waals surface area contributed by atoms with Crippen LogP contribution in [0.25, 0.3) is 0 Å². The predicted octanol–water partition coefficient (Wildman–Crippen LogP) is 5.00. The van der Waals surface area contributed by atoms with E-state index in [9.17, 15) is 4.79 Å². The molecule has 0 aromatic heterocycles. The molecule has 142 valence electrons. The van der Waals surface area contributed by atoms with Crippen LogP contribution in [0.3, 0.4) is 0 Å². The lowest BCUT2D eigenvalue weighted by Crippen LogP contribution is -2.57. The molecule has 0 unspecified atom stereocenters. The van der Waals surface area contributed by atoms with Gasteiger partial charge in [0, 0.05) is 35.9 Å². The van der Waals surface area contributed by atoms with Crippen molar-refractivity contribution in [3.63, 3.8) is 0 Å². The van der Waals surface area contributed by atoms with Crippen LogP contribution in [0.2, 0.25) is 5.02 Å². The summed E-state index contributed by atoms with van der Waals surface area (Å²) < 4.78 is 0. The average molecular weight is 384 g/mol. The van der Waals surface area contributed by atoms with Crippen molar-refractivity contribution in [1.82, 2.24) is 9.80 Å². The number of likely N-dealkylation sites (tertiary alicyclic amines) is 2. The van der Waals surface area contributed by atoms with Crippen molar-refractivity contribution in [3.05, 3.63) is 65.2 Å². The maximum absolute atomic E-state index is 12.8. The number of nitrogens with one attached hydrogen (secondary N) is 1. The molecule has 0 bridgehead atoms. The Morgan fingerprint density at radius 3 is 2.44 bits per heavy atom. The fourth-order valence-corrected chi connectivity index (χ4v) is 4.65. The van der Waals surface area contributed by atoms with Gasteiger partial charge in [-0.3, -0.25) is 4.90 Å². The van der Waals surface area contributed by atoms with Crippen molar-refractivity contribution >= 4 is 23.3 Å². The number of carbonyl (C=O) groups is 1. The van der Waals surface area contributed by atoms with Crippen LogP contribution in [0.15, 0.2) is 54.6 Å². The number of para-hydroxylation sites is 1. The number of anilines is 1. The molecule has 2 aromatic carbocycles. The van der Waals surface area contributed by atoms with Crippen LogP contribution >= 0.6 is 11.6 Å². The Morgan fingerprint density at radius 2 is 1.70 bits per heavy atom. The van der Waals surface area contributed by atoms with E-state index in [1.54, 1.807) is 0 Å². The largest absolute Gasteiger partial charge is 0.323 e. The standard InChI is InChI=1S/C22H26ClN3O/c23-19-10-8-18(9-11-19)16-26-15-5-13-22(26)12-4-14-25(17-22)21(27)24-20-6-2-1-3-7-20/h1-3,6-11H,4-5,12-17H2,(H,24,27)/t22-/m1/s1. The summed E-state index contributed by atoms with van der Waals surface area (Å²) in [5, 5.41) is 3.82. The third-order valence-corrected chi connectivity index (χ3v) is 6.15. The first kappa shape index (κ1) is 18.3. The minimum atomic E-state index is 0.0126. The summed E-state index contributed by atoms with van der Waals surface area (Å²) in [5.74, 6) is 0. The molecule has 4 nitrogen and oxygen atoms in total. The Labute approximate surface area is 166 Å². The van der Waals surface area contributed by atoms with Crippen LogP contribution in [-0.2, 0) is 6.54 Å². The van der Waals surface area contributed by atoms with Crippen molar-refractivity contribution < 1.29 is 4.79 Å². The summed E-state index contributed by atoms with van der Waals surface area (Å²) in [6.45, 7) is 3.65. The van der Waals surface area contributed by atoms with E-state index in [-0.39, 0.29) is 11.6 Å². The number of benzene rings is 2. The van der Waals surface area contributed by atoms with E-state index in [0.29, 0.717) is 0 Å². The quantitative estimate of drug-likeness (QED) is 0.809. The zero-order valence-electron chi connectivity index (χ0n) is 15.5. The molecule has 2 aliphatic heterocycles. The van der Waals surface area contributed by atoms with Gasteiger partial charge >= 0.3 is 6.03 Å². The third-order valence-electron chi connectivity index (χ3n) is 5.90. The molecule has 0 aliphatic carbocycles. The van der Waals surface area contributed by atoms with E-state index < -0.39 is 0 Å². The smallest absolute Gasteiger partial charge is 0.321 e. The molecular weight excluding hydrogens is 358 g/mol. The molecule has 1 spiro atoms. The Balaban J connectivity index is 1.45. The van der Waals surface area contributed by atoms with Gasteiger partial charge in [-0.1, -0.05) is 41.9 Å². The van der Waals surface area contributed by atoms with E-state index in [0.717, 1.165) is 56.2 Å². The highest BCUT2D eigenvalue weighted by atomic mass is 35.5. The van der Waals surface area contributed by atoms with E-state index in [2.05, 4.69) is 22.3 Å². The molecule has 1 atom stereocenters. The average Bonchev–Trinajstić information content (AvgIpc) is 3.05. The van der Waals surface area contributed by atoms with Crippen LogP contribution in [-0.4, -0.2) is 41.0 Å². The summed E-state index contributed by atoms with van der Waals surface area (Å²) >= 11 is 6.03. The molecular formula is C22H26ClN3O. The van der Waals surface area contributed by atoms with Gasteiger partial charge in [0.25, 0.3) is 0 Å². The van der Waals surface area contributed by atoms with E-state index in [1.165, 1.54) is 12.0 Å². The van der Waals surface area contributed by atoms with Gasteiger partial charge in [0.05, 0.1) is 0 Å². The van der Waals surface area contributed by atoms with Crippen LogP contribution in [0.5, 0.6) is 0 Å². The molecule has 4 rings (SSSR count). The number of rotatable bonds is 3. The lowest BCUT2D eigenvalue weighted by Gasteiger charge is -2.46. The number of hydrogen-bond donors (Lipinski definition) is 1. The number of halogens is 1. The molecule has 2 heterocycles. The van der Waals surface area contributed by atoms with Crippen molar-refractivity contribution in [2.24, 2.45) is 0 Å². The molecule has 5 heteroatoms. The Bertz CT molecular complexity index is 780. The van der Waals surface area contributed by atoms with Gasteiger partial charge in [-0.15, -0.1) is 0 Å². The van der Waals surface area contributed by atoms with Crippen LogP contribution < -0.4 is 5.32 Å². The molecule has 2 fully saturated rings. The van der Waals surface area contributed by atoms with E-state index in [1.807, 2.05) is 47.4 Å². The van der Waals surface area contributed by atoms with Crippen LogP contribution in [0, 0.1) is 0 Å². The van der Waals surface area contributed by atoms with Gasteiger partial charge in [-0.25, -0.2) is 4.79 Å². The predicted molar refractivity (Wildman–Crippen MR) is 110 cm³/mol. The normalized spacial score (nSPS) is 22.9. The maximum Gasteiger partial charge on any atom is 0.321 e. The fourth-order valence-electron chi connectivity index (χ4n) is 4.52. The first-order valence-electron chi connectivity index (χ1n) is 9.75. The number of nitrogens with zero attached hydrogens (tertiary/aromatic N) is 2. The maximum atomic E-state index is 12.8. The fraction of sp³-hybridized carbons (Fsp3) is 0.409. The minimum Gasteiger partial charge on any atom is -0.323 e. The number of hydrogen-bond acceptors (Lipinski definition) is 2. The molecule has 1 N–H and O–H groups in total. The van der Waals surface area contributed by atoms with Gasteiger partial charge in [0.1, 0.15) is 0 Å². The summed E-state index contributed by atoms with van der Waals surface area (Å²) in [4.78, 5) is 17.4. The second kappa shape index (κ2) is 7.91. The van der Waals surface area contributed by atoms with Crippen molar-refractivity contribution in [2.75, 3.05) is 25.0 Å². The SMILES string of the molecule is O=C(Nc1ccccc1)N1CCC[C@@]2(CCCN2Cc2ccc(Cl)cc2)C1. The van der Waals surface area contributed by atoms with Crippen LogP contribution in [0.4, 0.5) is 10.5 Å². The van der Waals surface area contributed by atoms with Crippen molar-refractivity contribution in [2.45, 2.75) is 37.8 Å². The third kappa shape index (κ3) is 4.12. The summed E-state index contributed by atoms with van der Waals surface area (Å²) in [7, 11) is 0. The molecule has 2 aliphatic rings. The lowest BCUT2D eigenvalue weighted by atomic mass is 9.86. The number of amides is 2.